The number of carbonyl (C=O) groups excluding carboxylic acids is 10. The molecule has 15 N–H and O–H groups in total. The Morgan fingerprint density at radius 1 is 0.396 bits per heavy atom. The summed E-state index contributed by atoms with van der Waals surface area (Å²) >= 11 is 0. The van der Waals surface area contributed by atoms with Gasteiger partial charge in [-0.2, -0.15) is 0 Å². The molecular formula is C104H170N10O20. The molecule has 1 heterocycles. The molecule has 0 unspecified atom stereocenters. The highest BCUT2D eigenvalue weighted by atomic mass is 16.6. The number of benzene rings is 4. The number of carboxylic acids is 3. The van der Waals surface area contributed by atoms with Gasteiger partial charge in [0, 0.05) is 45.6 Å². The number of likely N-dealkylation sites (N-methyl/N-ethyl adjacent to an activating group) is 1. The van der Waals surface area contributed by atoms with Gasteiger partial charge in [0.15, 0.2) is 0 Å². The third kappa shape index (κ3) is 65.2. The molecular weight excluding hydrogens is 1710 g/mol. The van der Waals surface area contributed by atoms with Gasteiger partial charge in [0.2, 0.25) is 29.5 Å². The summed E-state index contributed by atoms with van der Waals surface area (Å²) in [6.07, 6.45) is 46.6. The minimum atomic E-state index is -1.32. The first-order valence-corrected chi connectivity index (χ1v) is 49.5. The second-order valence-corrected chi connectivity index (χ2v) is 34.0. The maximum absolute atomic E-state index is 12.7. The predicted molar refractivity (Wildman–Crippen MR) is 528 cm³/mol. The number of carboxylic acid groups (broad SMARTS) is 3. The Labute approximate surface area is 800 Å². The lowest BCUT2D eigenvalue weighted by Gasteiger charge is -2.19. The lowest BCUT2D eigenvalue weighted by atomic mass is 9.98. The molecule has 756 valence electrons. The summed E-state index contributed by atoms with van der Waals surface area (Å²) < 4.78 is 19.8. The minimum absolute atomic E-state index is 0. The first kappa shape index (κ1) is 124. The number of fused-ring (bicyclic) bond motifs is 3. The Balaban J connectivity index is 0.00000168. The van der Waals surface area contributed by atoms with Crippen LogP contribution < -0.4 is 54.0 Å². The fourth-order valence-corrected chi connectivity index (χ4v) is 14.4. The summed E-state index contributed by atoms with van der Waals surface area (Å²) in [6.45, 7) is 15.8. The number of hydrogen-bond acceptors (Lipinski definition) is 19. The second-order valence-electron chi connectivity index (χ2n) is 34.0. The molecule has 1 saturated heterocycles. The number of rotatable bonds is 65. The molecule has 0 spiro atoms. The van der Waals surface area contributed by atoms with Crippen LogP contribution in [0.2, 0.25) is 0 Å². The Kier molecular flexibility index (Phi) is 76.6. The van der Waals surface area contributed by atoms with Crippen LogP contribution in [0.15, 0.2) is 109 Å². The Bertz CT molecular complexity index is 3720. The van der Waals surface area contributed by atoms with E-state index in [0.29, 0.717) is 26.2 Å². The van der Waals surface area contributed by atoms with Crippen LogP contribution in [0.4, 0.5) is 14.4 Å². The number of esters is 2. The molecule has 2 aliphatic rings. The van der Waals surface area contributed by atoms with Crippen LogP contribution >= 0.6 is 0 Å². The Hall–Kier alpha value is -10.5. The van der Waals surface area contributed by atoms with Gasteiger partial charge >= 0.3 is 48.1 Å². The van der Waals surface area contributed by atoms with E-state index < -0.39 is 90.0 Å². The van der Waals surface area contributed by atoms with E-state index in [-0.39, 0.29) is 83.0 Å². The molecule has 4 aromatic rings. The number of carbonyl (C=O) groups is 13. The average Bonchev–Trinajstić information content (AvgIpc) is 1.61. The van der Waals surface area contributed by atoms with Crippen LogP contribution in [0.1, 0.15) is 366 Å². The number of cyclic esters (lactones) is 2. The SMILES string of the molecule is C.CCCCCCCCCCCCNC(=O)C[C@@H](NC(=O)OCC1c2ccccc2-c2ccccc21)C(=O)NC.CCCCCCCCCCCCNC(=O)C[C@H](C)C(=O)O.CCCCCCCCCCCCNC(=O)C[C@H](N)C(=O)O.CCCCCCCCCCCCNC(=O)C[C@H](NC(=O)OCc1ccccc1)C(=O)O.CCN.O=C1C[C@H](NC(=O)OCc2ccccc2)C(=O)O1. The fraction of sp³-hybridized carbons (Fsp3) is 0.644. The highest BCUT2D eigenvalue weighted by molar-refractivity contribution is 5.98. The zero-order valence-corrected chi connectivity index (χ0v) is 81.3. The predicted octanol–water partition coefficient (Wildman–Crippen LogP) is 19.2. The lowest BCUT2D eigenvalue weighted by Crippen LogP contribution is -2.48. The molecule has 1 aliphatic carbocycles. The van der Waals surface area contributed by atoms with Gasteiger partial charge in [-0.3, -0.25) is 38.4 Å². The monoisotopic (exact) mass is 1880 g/mol. The van der Waals surface area contributed by atoms with Crippen molar-refractivity contribution in [1.82, 2.24) is 42.5 Å². The summed E-state index contributed by atoms with van der Waals surface area (Å²) in [6, 6.07) is 30.0. The van der Waals surface area contributed by atoms with Crippen molar-refractivity contribution in [1.29, 1.82) is 0 Å². The van der Waals surface area contributed by atoms with Crippen LogP contribution in [0.25, 0.3) is 11.1 Å². The summed E-state index contributed by atoms with van der Waals surface area (Å²) in [4.78, 5) is 150. The van der Waals surface area contributed by atoms with E-state index in [1.54, 1.807) is 31.2 Å². The van der Waals surface area contributed by atoms with Gasteiger partial charge in [0.05, 0.1) is 31.6 Å². The van der Waals surface area contributed by atoms with Crippen molar-refractivity contribution in [3.05, 3.63) is 131 Å². The van der Waals surface area contributed by atoms with Crippen molar-refractivity contribution in [3.8, 4) is 11.1 Å². The number of alkyl carbamates (subject to hydrolysis) is 3. The van der Waals surface area contributed by atoms with Gasteiger partial charge in [0.1, 0.15) is 44.0 Å². The van der Waals surface area contributed by atoms with E-state index in [2.05, 4.69) is 87.1 Å². The molecule has 1 aliphatic heterocycles. The number of unbranched alkanes of at least 4 members (excludes halogenated alkanes) is 36. The first-order valence-electron chi connectivity index (χ1n) is 49.5. The van der Waals surface area contributed by atoms with E-state index in [9.17, 15) is 67.4 Å². The number of hydrogen-bond donors (Lipinski definition) is 13. The van der Waals surface area contributed by atoms with Crippen molar-refractivity contribution >= 4 is 77.7 Å². The number of aliphatic carboxylic acids is 3. The molecule has 8 amide bonds. The van der Waals surface area contributed by atoms with Crippen LogP contribution in [0, 0.1) is 5.92 Å². The summed E-state index contributed by atoms with van der Waals surface area (Å²) in [7, 11) is 1.48. The number of amides is 8. The van der Waals surface area contributed by atoms with E-state index in [1.807, 2.05) is 79.7 Å². The molecule has 30 heteroatoms. The molecule has 0 radical (unpaired) electrons. The summed E-state index contributed by atoms with van der Waals surface area (Å²) in [5.74, 6) is -6.92. The molecule has 30 nitrogen and oxygen atoms in total. The minimum Gasteiger partial charge on any atom is -0.481 e. The van der Waals surface area contributed by atoms with Crippen LogP contribution in [0.5, 0.6) is 0 Å². The van der Waals surface area contributed by atoms with Gasteiger partial charge < -0.3 is 88.3 Å². The number of nitrogens with two attached hydrogens (primary N) is 2. The van der Waals surface area contributed by atoms with Gasteiger partial charge in [-0.15, -0.1) is 0 Å². The molecule has 1 fully saturated rings. The average molecular weight is 1880 g/mol. The van der Waals surface area contributed by atoms with Crippen molar-refractivity contribution in [2.45, 2.75) is 381 Å². The summed E-state index contributed by atoms with van der Waals surface area (Å²) in [5.41, 5.74) is 16.3. The highest BCUT2D eigenvalue weighted by Gasteiger charge is 2.36. The lowest BCUT2D eigenvalue weighted by molar-refractivity contribution is -0.153. The van der Waals surface area contributed by atoms with Gasteiger partial charge in [-0.1, -0.05) is 389 Å². The highest BCUT2D eigenvalue weighted by Crippen LogP contribution is 2.44. The Morgan fingerprint density at radius 2 is 0.701 bits per heavy atom. The third-order valence-corrected chi connectivity index (χ3v) is 22.2. The standard InChI is InChI=1S/C32H45N3O4.C24H38N2O5.C17H33NO3.C16H32N2O3.C12H11NO5.C2H7N.CH4/c1-3-4-5-6-7-8-9-10-11-16-21-34-30(36)22-29(31(37)33-2)35-32(38)39-23-28-26-19-14-12-17-24(26)25-18-13-15-20-27(25)28;1-2-3-4-5-6-7-8-9-10-14-17-25-22(27)18-21(23(28)29)26-24(30)31-19-20-15-12-11-13-16-20;1-3-4-5-6-7-8-9-10-11-12-13-18-16(19)14-15(2)17(20)21;1-2-3-4-5-6-7-8-9-10-11-12-18-15(19)13-14(17)16(20)21;14-10-6-9(11(15)18-10)13-12(16)17-7-8-4-2-1-3-5-8;1-2-3;/h12-15,17-20,28-29H,3-11,16,21-23H2,1-2H3,(H,33,37)(H,34,36)(H,35,38);11-13,15-16,21H,2-10,14,17-19H2,1H3,(H,25,27)(H,26,30)(H,28,29);15H,3-14H2,1-2H3,(H,18,19)(H,20,21);14H,2-13,17H2,1H3,(H,18,19)(H,20,21);1-5,9H,6-7H2,(H,13,16);2-3H2,1H3;1H4/t29-;21-;15-;14-;9-;;/m10000../s1. The van der Waals surface area contributed by atoms with Gasteiger partial charge in [-0.25, -0.2) is 24.0 Å². The van der Waals surface area contributed by atoms with E-state index in [1.165, 1.54) is 206 Å². The first-order chi connectivity index (χ1) is 64.3. The maximum atomic E-state index is 12.7. The van der Waals surface area contributed by atoms with E-state index in [0.717, 1.165) is 97.7 Å². The maximum Gasteiger partial charge on any atom is 0.408 e. The van der Waals surface area contributed by atoms with Crippen LogP contribution in [0.3, 0.4) is 0 Å². The molecule has 4 aromatic carbocycles. The third-order valence-electron chi connectivity index (χ3n) is 22.2. The molecule has 0 saturated carbocycles. The van der Waals surface area contributed by atoms with Gasteiger partial charge in [-0.05, 0) is 65.6 Å². The normalized spacial score (nSPS) is 12.8. The number of nitrogens with one attached hydrogen (secondary N) is 8. The molecule has 6 rings (SSSR count). The number of ether oxygens (including phenoxy) is 4. The van der Waals surface area contributed by atoms with E-state index >= 15 is 0 Å². The molecule has 0 bridgehead atoms. The van der Waals surface area contributed by atoms with Crippen molar-refractivity contribution < 1.29 is 96.6 Å². The quantitative estimate of drug-likeness (QED) is 0.00845. The molecule has 5 atom stereocenters. The molecule has 134 heavy (non-hydrogen) atoms. The van der Waals surface area contributed by atoms with Crippen molar-refractivity contribution in [2.24, 2.45) is 17.4 Å². The molecule has 0 aromatic heterocycles. The van der Waals surface area contributed by atoms with Crippen molar-refractivity contribution in [3.63, 3.8) is 0 Å². The van der Waals surface area contributed by atoms with Crippen LogP contribution in [-0.4, -0.2) is 164 Å². The zero-order valence-electron chi connectivity index (χ0n) is 81.3. The fourth-order valence-electron chi connectivity index (χ4n) is 14.4. The van der Waals surface area contributed by atoms with E-state index in [4.69, 9.17) is 35.9 Å². The summed E-state index contributed by atoms with van der Waals surface area (Å²) in [5, 5.41) is 47.3. The van der Waals surface area contributed by atoms with Crippen LogP contribution in [-0.2, 0) is 80.1 Å². The zero-order chi connectivity index (χ0) is 98.1. The van der Waals surface area contributed by atoms with Crippen molar-refractivity contribution in [2.75, 3.05) is 46.4 Å². The van der Waals surface area contributed by atoms with Gasteiger partial charge in [0.25, 0.3) is 0 Å². The smallest absolute Gasteiger partial charge is 0.408 e. The largest absolute Gasteiger partial charge is 0.481 e. The second kappa shape index (κ2) is 83.1. The topological polar surface area (TPSA) is 468 Å². The Morgan fingerprint density at radius 3 is 1.03 bits per heavy atom.